The Labute approximate surface area is 74.6 Å². The second-order valence-electron chi connectivity index (χ2n) is 2.53. The van der Waals surface area contributed by atoms with E-state index in [-0.39, 0.29) is 5.97 Å². The first-order chi connectivity index (χ1) is 5.81. The van der Waals surface area contributed by atoms with Crippen molar-refractivity contribution in [2.45, 2.75) is 33.1 Å². The van der Waals surface area contributed by atoms with Gasteiger partial charge in [-0.25, -0.2) is 0 Å². The van der Waals surface area contributed by atoms with Crippen LogP contribution in [-0.4, -0.2) is 12.6 Å². The molecule has 1 radical (unpaired) electrons. The number of hydrogen-bond donors (Lipinski definition) is 0. The quantitative estimate of drug-likeness (QED) is 0.347. The van der Waals surface area contributed by atoms with Crippen LogP contribution in [0.15, 0.2) is 12.2 Å². The highest BCUT2D eigenvalue weighted by atomic mass is 16.5. The smallest absolute Gasteiger partial charge is 0.309 e. The summed E-state index contributed by atoms with van der Waals surface area (Å²) in [7, 11) is 0. The van der Waals surface area contributed by atoms with Gasteiger partial charge in [-0.3, -0.25) is 4.79 Å². The Morgan fingerprint density at radius 3 is 2.75 bits per heavy atom. The van der Waals surface area contributed by atoms with Gasteiger partial charge in [0.1, 0.15) is 6.61 Å². The summed E-state index contributed by atoms with van der Waals surface area (Å²) < 4.78 is 4.79. The van der Waals surface area contributed by atoms with Crippen LogP contribution in [0.3, 0.4) is 0 Å². The highest BCUT2D eigenvalue weighted by molar-refractivity contribution is 5.78. The van der Waals surface area contributed by atoms with Gasteiger partial charge in [-0.05, 0) is 6.42 Å². The molecule has 0 spiro atoms. The van der Waals surface area contributed by atoms with E-state index in [1.54, 1.807) is 6.92 Å². The van der Waals surface area contributed by atoms with Gasteiger partial charge in [0, 0.05) is 0 Å². The van der Waals surface area contributed by atoms with Crippen molar-refractivity contribution >= 4 is 5.97 Å². The van der Waals surface area contributed by atoms with Crippen molar-refractivity contribution in [2.24, 2.45) is 0 Å². The van der Waals surface area contributed by atoms with E-state index in [1.165, 1.54) is 19.3 Å². The van der Waals surface area contributed by atoms with Crippen molar-refractivity contribution in [1.29, 1.82) is 0 Å². The molecular formula is C10H17O2. The van der Waals surface area contributed by atoms with Gasteiger partial charge in [-0.15, -0.1) is 0 Å². The molecule has 0 aromatic carbocycles. The lowest BCUT2D eigenvalue weighted by molar-refractivity contribution is -0.138. The maximum absolute atomic E-state index is 10.6. The largest absolute Gasteiger partial charge is 0.461 e. The van der Waals surface area contributed by atoms with E-state index in [2.05, 4.69) is 6.92 Å². The maximum atomic E-state index is 10.6. The summed E-state index contributed by atoms with van der Waals surface area (Å²) in [5.41, 5.74) is 0. The zero-order chi connectivity index (χ0) is 9.23. The third-order valence-electron chi connectivity index (χ3n) is 1.45. The van der Waals surface area contributed by atoms with Crippen LogP contribution in [-0.2, 0) is 9.53 Å². The van der Waals surface area contributed by atoms with Gasteiger partial charge < -0.3 is 4.74 Å². The summed E-state index contributed by atoms with van der Waals surface area (Å²) in [6, 6.07) is 0. The molecule has 0 rings (SSSR count). The molecular weight excluding hydrogens is 152 g/mol. The molecule has 0 unspecified atom stereocenters. The van der Waals surface area contributed by atoms with E-state index in [0.717, 1.165) is 6.42 Å². The summed E-state index contributed by atoms with van der Waals surface area (Å²) >= 11 is 0. The van der Waals surface area contributed by atoms with Gasteiger partial charge in [-0.2, -0.15) is 0 Å². The first-order valence-electron chi connectivity index (χ1n) is 4.42. The van der Waals surface area contributed by atoms with Crippen LogP contribution in [0.4, 0.5) is 0 Å². The van der Waals surface area contributed by atoms with E-state index in [0.29, 0.717) is 6.61 Å². The molecule has 0 atom stereocenters. The standard InChI is InChI=1S/C10H17O2/c1-3-5-6-7-8-9-12-10(11)4-2/h4,7-8H,3,5-6,9H2,1-2H3/b8-7+. The third-order valence-corrected chi connectivity index (χ3v) is 1.45. The predicted octanol–water partition coefficient (Wildman–Crippen LogP) is 2.50. The molecule has 0 amide bonds. The molecule has 12 heavy (non-hydrogen) atoms. The number of allylic oxidation sites excluding steroid dienone is 1. The van der Waals surface area contributed by atoms with E-state index in [9.17, 15) is 4.79 Å². The van der Waals surface area contributed by atoms with Gasteiger partial charge in [0.15, 0.2) is 0 Å². The SMILES string of the molecule is C[CH]C(=O)OC/C=C/CCCC. The minimum atomic E-state index is -0.254. The number of rotatable bonds is 6. The molecule has 0 N–H and O–H groups in total. The predicted molar refractivity (Wildman–Crippen MR) is 49.6 cm³/mol. The number of unbranched alkanes of at least 4 members (excludes halogenated alkanes) is 2. The van der Waals surface area contributed by atoms with Crippen LogP contribution >= 0.6 is 0 Å². The topological polar surface area (TPSA) is 26.3 Å². The van der Waals surface area contributed by atoms with Gasteiger partial charge in [0.25, 0.3) is 0 Å². The highest BCUT2D eigenvalue weighted by Gasteiger charge is 1.93. The normalized spacial score (nSPS) is 10.5. The molecule has 0 aromatic heterocycles. The molecule has 69 valence electrons. The van der Waals surface area contributed by atoms with Crippen LogP contribution in [0.1, 0.15) is 33.1 Å². The molecule has 0 aliphatic rings. The lowest BCUT2D eigenvalue weighted by Crippen LogP contribution is -2.02. The van der Waals surface area contributed by atoms with Gasteiger partial charge >= 0.3 is 5.97 Å². The molecule has 0 aliphatic heterocycles. The number of carbonyl (C=O) groups excluding carboxylic acids is 1. The molecule has 2 heteroatoms. The van der Waals surface area contributed by atoms with Crippen molar-refractivity contribution in [3.05, 3.63) is 18.6 Å². The maximum Gasteiger partial charge on any atom is 0.309 e. The number of esters is 1. The molecule has 0 heterocycles. The van der Waals surface area contributed by atoms with Crippen LogP contribution in [0.25, 0.3) is 0 Å². The molecule has 0 aromatic rings. The first-order valence-corrected chi connectivity index (χ1v) is 4.42. The molecule has 0 saturated heterocycles. The van der Waals surface area contributed by atoms with Crippen molar-refractivity contribution in [3.8, 4) is 0 Å². The summed E-state index contributed by atoms with van der Waals surface area (Å²) in [6.45, 7) is 4.22. The second-order valence-corrected chi connectivity index (χ2v) is 2.53. The summed E-state index contributed by atoms with van der Waals surface area (Å²) in [5, 5.41) is 0. The van der Waals surface area contributed by atoms with Crippen molar-refractivity contribution in [1.82, 2.24) is 0 Å². The Morgan fingerprint density at radius 2 is 2.17 bits per heavy atom. The van der Waals surface area contributed by atoms with Gasteiger partial charge in [0.05, 0.1) is 6.42 Å². The lowest BCUT2D eigenvalue weighted by Gasteiger charge is -1.96. The van der Waals surface area contributed by atoms with E-state index < -0.39 is 0 Å². The average molecular weight is 169 g/mol. The second kappa shape index (κ2) is 8.31. The number of hydrogen-bond acceptors (Lipinski definition) is 2. The van der Waals surface area contributed by atoms with Crippen molar-refractivity contribution in [2.75, 3.05) is 6.61 Å². The third kappa shape index (κ3) is 7.32. The molecule has 0 bridgehead atoms. The van der Waals surface area contributed by atoms with Gasteiger partial charge in [-0.1, -0.05) is 38.8 Å². The Bertz CT molecular complexity index is 139. The summed E-state index contributed by atoms with van der Waals surface area (Å²) in [4.78, 5) is 10.6. The fourth-order valence-corrected chi connectivity index (χ4v) is 0.721. The summed E-state index contributed by atoms with van der Waals surface area (Å²) in [6.07, 6.45) is 8.82. The fraction of sp³-hybridized carbons (Fsp3) is 0.600. The molecule has 0 aliphatic carbocycles. The monoisotopic (exact) mass is 169 g/mol. The lowest BCUT2D eigenvalue weighted by atomic mass is 10.2. The Morgan fingerprint density at radius 1 is 1.42 bits per heavy atom. The Hall–Kier alpha value is -0.790. The Kier molecular flexibility index (Phi) is 7.76. The summed E-state index contributed by atoms with van der Waals surface area (Å²) in [5.74, 6) is -0.254. The highest BCUT2D eigenvalue weighted by Crippen LogP contribution is 1.94. The Balaban J connectivity index is 3.18. The molecule has 0 fully saturated rings. The van der Waals surface area contributed by atoms with E-state index in [1.807, 2.05) is 12.2 Å². The van der Waals surface area contributed by atoms with E-state index >= 15 is 0 Å². The van der Waals surface area contributed by atoms with Crippen LogP contribution in [0.2, 0.25) is 0 Å². The van der Waals surface area contributed by atoms with Crippen molar-refractivity contribution in [3.63, 3.8) is 0 Å². The minimum Gasteiger partial charge on any atom is -0.461 e. The first kappa shape index (κ1) is 11.2. The van der Waals surface area contributed by atoms with E-state index in [4.69, 9.17) is 4.74 Å². The van der Waals surface area contributed by atoms with Gasteiger partial charge in [0.2, 0.25) is 0 Å². The zero-order valence-electron chi connectivity index (χ0n) is 7.88. The van der Waals surface area contributed by atoms with Crippen LogP contribution in [0.5, 0.6) is 0 Å². The van der Waals surface area contributed by atoms with Crippen LogP contribution in [0, 0.1) is 6.42 Å². The fourth-order valence-electron chi connectivity index (χ4n) is 0.721. The number of ether oxygens (including phenoxy) is 1. The van der Waals surface area contributed by atoms with Crippen molar-refractivity contribution < 1.29 is 9.53 Å². The average Bonchev–Trinajstić information content (AvgIpc) is 2.10. The molecule has 0 saturated carbocycles. The van der Waals surface area contributed by atoms with Crippen LogP contribution < -0.4 is 0 Å². The zero-order valence-corrected chi connectivity index (χ0v) is 7.88. The molecule has 2 nitrogen and oxygen atoms in total. The minimum absolute atomic E-state index is 0.254. The number of carbonyl (C=O) groups is 1.